The topological polar surface area (TPSA) is 38.9 Å². The lowest BCUT2D eigenvalue weighted by atomic mass is 10.2. The van der Waals surface area contributed by atoms with Gasteiger partial charge in [-0.15, -0.1) is 11.3 Å². The molecule has 0 amide bonds. The second-order valence-corrected chi connectivity index (χ2v) is 5.26. The first-order valence-corrected chi connectivity index (χ1v) is 6.38. The maximum atomic E-state index is 13.8. The van der Waals surface area contributed by atoms with Crippen LogP contribution in [-0.2, 0) is 0 Å². The molecule has 3 rings (SSSR count). The van der Waals surface area contributed by atoms with E-state index >= 15 is 0 Å². The first kappa shape index (κ1) is 11.2. The number of hydrogen-bond acceptors (Lipinski definition) is 3. The third kappa shape index (κ3) is 1.84. The van der Waals surface area contributed by atoms with Crippen LogP contribution in [0.4, 0.5) is 10.1 Å². The molecule has 0 aliphatic carbocycles. The quantitative estimate of drug-likeness (QED) is 0.670. The Morgan fingerprint density at radius 3 is 2.83 bits per heavy atom. The van der Waals surface area contributed by atoms with E-state index in [1.54, 1.807) is 12.1 Å². The number of hydrogen-bond donors (Lipinski definition) is 1. The van der Waals surface area contributed by atoms with Gasteiger partial charge in [0.15, 0.2) is 0 Å². The van der Waals surface area contributed by atoms with Crippen molar-refractivity contribution in [2.75, 3.05) is 5.73 Å². The highest BCUT2D eigenvalue weighted by Gasteiger charge is 2.11. The number of rotatable bonds is 1. The van der Waals surface area contributed by atoms with Gasteiger partial charge in [0, 0.05) is 11.3 Å². The van der Waals surface area contributed by atoms with Gasteiger partial charge >= 0.3 is 0 Å². The van der Waals surface area contributed by atoms with Gasteiger partial charge in [-0.3, -0.25) is 0 Å². The van der Waals surface area contributed by atoms with Crippen LogP contribution < -0.4 is 5.73 Å². The number of aryl methyl sites for hydroxylation is 1. The summed E-state index contributed by atoms with van der Waals surface area (Å²) in [6, 6.07) is 10.6. The van der Waals surface area contributed by atoms with Crippen molar-refractivity contribution in [2.45, 2.75) is 6.92 Å². The summed E-state index contributed by atoms with van der Waals surface area (Å²) in [6.07, 6.45) is 0. The van der Waals surface area contributed by atoms with Gasteiger partial charge in [-0.1, -0.05) is 6.07 Å². The van der Waals surface area contributed by atoms with Gasteiger partial charge in [0.25, 0.3) is 0 Å². The van der Waals surface area contributed by atoms with Crippen LogP contribution in [0.5, 0.6) is 0 Å². The van der Waals surface area contributed by atoms with Crippen molar-refractivity contribution in [3.05, 3.63) is 47.8 Å². The van der Waals surface area contributed by atoms with Crippen molar-refractivity contribution < 1.29 is 4.39 Å². The highest BCUT2D eigenvalue weighted by molar-refractivity contribution is 7.21. The van der Waals surface area contributed by atoms with E-state index in [9.17, 15) is 4.39 Å². The molecule has 0 radical (unpaired) electrons. The number of halogens is 1. The fourth-order valence-electron chi connectivity index (χ4n) is 1.86. The molecule has 18 heavy (non-hydrogen) atoms. The van der Waals surface area contributed by atoms with Crippen molar-refractivity contribution in [3.63, 3.8) is 0 Å². The van der Waals surface area contributed by atoms with E-state index in [1.165, 1.54) is 17.4 Å². The minimum Gasteiger partial charge on any atom is -0.399 e. The minimum atomic E-state index is -0.292. The standard InChI is InChI=1S/C14H11FN2S/c1-8-2-5-13-12(6-8)17-14(18-13)10-7-9(16)3-4-11(10)15/h2-7H,16H2,1H3. The van der Waals surface area contributed by atoms with Gasteiger partial charge in [-0.2, -0.15) is 0 Å². The summed E-state index contributed by atoms with van der Waals surface area (Å²) in [4.78, 5) is 4.47. The maximum Gasteiger partial charge on any atom is 0.133 e. The van der Waals surface area contributed by atoms with Crippen molar-refractivity contribution >= 4 is 27.2 Å². The molecule has 0 bridgehead atoms. The van der Waals surface area contributed by atoms with E-state index in [1.807, 2.05) is 25.1 Å². The van der Waals surface area contributed by atoms with Crippen LogP contribution in [0.25, 0.3) is 20.8 Å². The smallest absolute Gasteiger partial charge is 0.133 e. The van der Waals surface area contributed by atoms with E-state index in [2.05, 4.69) is 4.98 Å². The highest BCUT2D eigenvalue weighted by Crippen LogP contribution is 2.32. The largest absolute Gasteiger partial charge is 0.399 e. The van der Waals surface area contributed by atoms with Crippen molar-refractivity contribution in [1.82, 2.24) is 4.98 Å². The second kappa shape index (κ2) is 4.07. The van der Waals surface area contributed by atoms with Crippen LogP contribution >= 0.6 is 11.3 Å². The van der Waals surface area contributed by atoms with Crippen LogP contribution in [0.3, 0.4) is 0 Å². The molecule has 4 heteroatoms. The van der Waals surface area contributed by atoms with Crippen LogP contribution in [0.15, 0.2) is 36.4 Å². The monoisotopic (exact) mass is 258 g/mol. The molecule has 0 unspecified atom stereocenters. The summed E-state index contributed by atoms with van der Waals surface area (Å²) in [6.45, 7) is 2.01. The molecular formula is C14H11FN2S. The zero-order valence-corrected chi connectivity index (χ0v) is 10.6. The predicted octanol–water partition coefficient (Wildman–Crippen LogP) is 3.99. The number of benzene rings is 2. The summed E-state index contributed by atoms with van der Waals surface area (Å²) >= 11 is 1.48. The number of nitrogens with two attached hydrogens (primary N) is 1. The lowest BCUT2D eigenvalue weighted by Crippen LogP contribution is -1.88. The van der Waals surface area contributed by atoms with E-state index in [4.69, 9.17) is 5.73 Å². The summed E-state index contributed by atoms with van der Waals surface area (Å²) in [7, 11) is 0. The molecule has 0 saturated carbocycles. The Balaban J connectivity index is 2.22. The molecule has 0 spiro atoms. The number of nitrogens with zero attached hydrogens (tertiary/aromatic N) is 1. The van der Waals surface area contributed by atoms with Gasteiger partial charge in [-0.05, 0) is 42.8 Å². The molecule has 3 aromatic rings. The molecule has 2 N–H and O–H groups in total. The average molecular weight is 258 g/mol. The Labute approximate surface area is 108 Å². The normalized spacial score (nSPS) is 11.0. The summed E-state index contributed by atoms with van der Waals surface area (Å²) in [5.74, 6) is -0.292. The molecule has 0 aliphatic rings. The Morgan fingerprint density at radius 1 is 1.17 bits per heavy atom. The fraction of sp³-hybridized carbons (Fsp3) is 0.0714. The molecule has 2 aromatic carbocycles. The first-order chi connectivity index (χ1) is 8.63. The van der Waals surface area contributed by atoms with Crippen LogP contribution in [0.2, 0.25) is 0 Å². The van der Waals surface area contributed by atoms with Gasteiger partial charge in [-0.25, -0.2) is 9.37 Å². The molecule has 1 heterocycles. The summed E-state index contributed by atoms with van der Waals surface area (Å²) in [5.41, 5.74) is 8.75. The van der Waals surface area contributed by atoms with Gasteiger partial charge in [0.05, 0.1) is 10.2 Å². The van der Waals surface area contributed by atoms with Crippen molar-refractivity contribution in [2.24, 2.45) is 0 Å². The van der Waals surface area contributed by atoms with Gasteiger partial charge in [0.1, 0.15) is 10.8 Å². The third-order valence-corrected chi connectivity index (χ3v) is 3.83. The van der Waals surface area contributed by atoms with Crippen LogP contribution in [0, 0.1) is 12.7 Å². The SMILES string of the molecule is Cc1ccc2sc(-c3cc(N)ccc3F)nc2c1. The van der Waals surface area contributed by atoms with Crippen LogP contribution in [-0.4, -0.2) is 4.98 Å². The highest BCUT2D eigenvalue weighted by atomic mass is 32.1. The maximum absolute atomic E-state index is 13.8. The summed E-state index contributed by atoms with van der Waals surface area (Å²) < 4.78 is 14.8. The van der Waals surface area contributed by atoms with Crippen LogP contribution in [0.1, 0.15) is 5.56 Å². The third-order valence-electron chi connectivity index (χ3n) is 2.76. The van der Waals surface area contributed by atoms with E-state index < -0.39 is 0 Å². The number of anilines is 1. The van der Waals surface area contributed by atoms with Crippen molar-refractivity contribution in [3.8, 4) is 10.6 Å². The molecule has 90 valence electrons. The molecule has 0 fully saturated rings. The first-order valence-electron chi connectivity index (χ1n) is 5.56. The average Bonchev–Trinajstić information content (AvgIpc) is 2.74. The molecular weight excluding hydrogens is 247 g/mol. The molecule has 1 aromatic heterocycles. The zero-order chi connectivity index (χ0) is 12.7. The second-order valence-electron chi connectivity index (χ2n) is 4.23. The number of aromatic nitrogens is 1. The predicted molar refractivity (Wildman–Crippen MR) is 74.2 cm³/mol. The Hall–Kier alpha value is -1.94. The zero-order valence-electron chi connectivity index (χ0n) is 9.77. The minimum absolute atomic E-state index is 0.292. The van der Waals surface area contributed by atoms with Gasteiger partial charge < -0.3 is 5.73 Å². The number of fused-ring (bicyclic) bond motifs is 1. The fourth-order valence-corrected chi connectivity index (χ4v) is 2.82. The Bertz CT molecular complexity index is 734. The molecule has 0 aliphatic heterocycles. The summed E-state index contributed by atoms with van der Waals surface area (Å²) in [5, 5.41) is 0.667. The molecule has 2 nitrogen and oxygen atoms in total. The number of thiazole rings is 1. The van der Waals surface area contributed by atoms with E-state index in [0.717, 1.165) is 15.8 Å². The number of nitrogen functional groups attached to an aromatic ring is 1. The lowest BCUT2D eigenvalue weighted by molar-refractivity contribution is 0.631. The van der Waals surface area contributed by atoms with Crippen molar-refractivity contribution in [1.29, 1.82) is 0 Å². The van der Waals surface area contributed by atoms with E-state index in [-0.39, 0.29) is 5.82 Å². The van der Waals surface area contributed by atoms with Gasteiger partial charge in [0.2, 0.25) is 0 Å². The lowest BCUT2D eigenvalue weighted by Gasteiger charge is -1.99. The molecule has 0 saturated heterocycles. The Kier molecular flexibility index (Phi) is 2.52. The van der Waals surface area contributed by atoms with E-state index in [0.29, 0.717) is 16.3 Å². The Morgan fingerprint density at radius 2 is 2.00 bits per heavy atom. The molecule has 0 atom stereocenters.